The molecule has 0 aliphatic rings. The Bertz CT molecular complexity index is 354. The SMILES string of the molecule is COC(=O)c1cc(N)c(Br)cc1Cl. The number of carbonyl (C=O) groups is 1. The van der Waals surface area contributed by atoms with Crippen LogP contribution in [0.25, 0.3) is 0 Å². The van der Waals surface area contributed by atoms with E-state index in [4.69, 9.17) is 17.3 Å². The van der Waals surface area contributed by atoms with E-state index in [1.165, 1.54) is 13.2 Å². The van der Waals surface area contributed by atoms with E-state index < -0.39 is 5.97 Å². The zero-order chi connectivity index (χ0) is 10.0. The third-order valence-electron chi connectivity index (χ3n) is 1.49. The lowest BCUT2D eigenvalue weighted by atomic mass is 10.2. The predicted octanol–water partition coefficient (Wildman–Crippen LogP) is 2.47. The molecule has 1 aromatic carbocycles. The van der Waals surface area contributed by atoms with E-state index in [0.717, 1.165) is 0 Å². The lowest BCUT2D eigenvalue weighted by Crippen LogP contribution is -2.03. The Balaban J connectivity index is 3.23. The molecule has 0 radical (unpaired) electrons. The van der Waals surface area contributed by atoms with E-state index in [0.29, 0.717) is 15.2 Å². The number of nitrogen functional groups attached to an aromatic ring is 1. The standard InChI is InChI=1S/C8H7BrClNO2/c1-13-8(12)4-2-7(11)5(9)3-6(4)10/h2-3H,11H2,1H3. The number of hydrogen-bond donors (Lipinski definition) is 1. The molecule has 0 amide bonds. The Morgan fingerprint density at radius 3 is 2.77 bits per heavy atom. The van der Waals surface area contributed by atoms with Gasteiger partial charge < -0.3 is 10.5 Å². The molecular weight excluding hydrogens is 257 g/mol. The number of methoxy groups -OCH3 is 1. The molecule has 0 bridgehead atoms. The summed E-state index contributed by atoms with van der Waals surface area (Å²) in [7, 11) is 1.29. The van der Waals surface area contributed by atoms with Gasteiger partial charge in [-0.2, -0.15) is 0 Å². The first kappa shape index (κ1) is 10.3. The van der Waals surface area contributed by atoms with Crippen molar-refractivity contribution in [2.45, 2.75) is 0 Å². The molecule has 13 heavy (non-hydrogen) atoms. The minimum atomic E-state index is -0.496. The largest absolute Gasteiger partial charge is 0.465 e. The van der Waals surface area contributed by atoms with E-state index >= 15 is 0 Å². The maximum Gasteiger partial charge on any atom is 0.339 e. The summed E-state index contributed by atoms with van der Waals surface area (Å²) in [5, 5.41) is 0.313. The lowest BCUT2D eigenvalue weighted by Gasteiger charge is -2.04. The van der Waals surface area contributed by atoms with Gasteiger partial charge in [0.1, 0.15) is 0 Å². The van der Waals surface area contributed by atoms with Gasteiger partial charge in [-0.15, -0.1) is 0 Å². The summed E-state index contributed by atoms with van der Waals surface area (Å²) in [4.78, 5) is 11.1. The molecule has 1 rings (SSSR count). The van der Waals surface area contributed by atoms with Crippen molar-refractivity contribution in [3.63, 3.8) is 0 Å². The number of halogens is 2. The van der Waals surface area contributed by atoms with Gasteiger partial charge in [0.15, 0.2) is 0 Å². The van der Waals surface area contributed by atoms with Gasteiger partial charge in [0.2, 0.25) is 0 Å². The number of esters is 1. The Kier molecular flexibility index (Phi) is 3.17. The van der Waals surface area contributed by atoms with Crippen molar-refractivity contribution in [1.29, 1.82) is 0 Å². The molecule has 70 valence electrons. The van der Waals surface area contributed by atoms with Crippen LogP contribution in [0, 0.1) is 0 Å². The van der Waals surface area contributed by atoms with E-state index in [1.54, 1.807) is 6.07 Å². The van der Waals surface area contributed by atoms with Gasteiger partial charge in [-0.25, -0.2) is 4.79 Å². The fourth-order valence-corrected chi connectivity index (χ4v) is 1.55. The van der Waals surface area contributed by atoms with Crippen LogP contribution in [0.3, 0.4) is 0 Å². The second-order valence-corrected chi connectivity index (χ2v) is 3.61. The number of carbonyl (C=O) groups excluding carboxylic acids is 1. The van der Waals surface area contributed by atoms with Gasteiger partial charge in [0, 0.05) is 10.2 Å². The third-order valence-corrected chi connectivity index (χ3v) is 2.49. The van der Waals surface area contributed by atoms with Crippen LogP contribution in [0.1, 0.15) is 10.4 Å². The molecule has 2 N–H and O–H groups in total. The first-order valence-electron chi connectivity index (χ1n) is 3.39. The molecule has 0 heterocycles. The third kappa shape index (κ3) is 2.14. The normalized spacial score (nSPS) is 9.77. The van der Waals surface area contributed by atoms with Crippen LogP contribution in [0.2, 0.25) is 5.02 Å². The zero-order valence-corrected chi connectivity index (χ0v) is 9.15. The van der Waals surface area contributed by atoms with Gasteiger partial charge in [-0.05, 0) is 28.1 Å². The van der Waals surface area contributed by atoms with Crippen LogP contribution in [0.5, 0.6) is 0 Å². The van der Waals surface area contributed by atoms with Gasteiger partial charge in [-0.3, -0.25) is 0 Å². The van der Waals surface area contributed by atoms with Gasteiger partial charge in [0.05, 0.1) is 17.7 Å². The van der Waals surface area contributed by atoms with Crippen LogP contribution in [0.4, 0.5) is 5.69 Å². The van der Waals surface area contributed by atoms with Crippen molar-refractivity contribution in [2.24, 2.45) is 0 Å². The molecule has 1 aromatic rings. The number of benzene rings is 1. The van der Waals surface area contributed by atoms with Crippen LogP contribution in [-0.2, 0) is 4.74 Å². The fourth-order valence-electron chi connectivity index (χ4n) is 0.832. The van der Waals surface area contributed by atoms with Crippen molar-refractivity contribution in [3.05, 3.63) is 27.2 Å². The summed E-state index contributed by atoms with van der Waals surface area (Å²) in [5.41, 5.74) is 6.29. The van der Waals surface area contributed by atoms with E-state index in [-0.39, 0.29) is 5.56 Å². The Morgan fingerprint density at radius 2 is 2.23 bits per heavy atom. The summed E-state index contributed by atoms with van der Waals surface area (Å²) < 4.78 is 5.18. The van der Waals surface area contributed by atoms with Crippen LogP contribution >= 0.6 is 27.5 Å². The molecule has 0 saturated heterocycles. The molecule has 0 fully saturated rings. The highest BCUT2D eigenvalue weighted by Gasteiger charge is 2.12. The highest BCUT2D eigenvalue weighted by molar-refractivity contribution is 9.10. The van der Waals surface area contributed by atoms with E-state index in [1.807, 2.05) is 0 Å². The van der Waals surface area contributed by atoms with Crippen molar-refractivity contribution in [2.75, 3.05) is 12.8 Å². The van der Waals surface area contributed by atoms with Crippen molar-refractivity contribution in [1.82, 2.24) is 0 Å². The first-order chi connectivity index (χ1) is 6.06. The number of anilines is 1. The second-order valence-electron chi connectivity index (χ2n) is 2.35. The highest BCUT2D eigenvalue weighted by atomic mass is 79.9. The Hall–Kier alpha value is -0.740. The highest BCUT2D eigenvalue weighted by Crippen LogP contribution is 2.27. The summed E-state index contributed by atoms with van der Waals surface area (Å²) >= 11 is 8.98. The summed E-state index contributed by atoms with van der Waals surface area (Å²) in [6, 6.07) is 3.03. The van der Waals surface area contributed by atoms with E-state index in [9.17, 15) is 4.79 Å². The smallest absolute Gasteiger partial charge is 0.339 e. The zero-order valence-electron chi connectivity index (χ0n) is 6.80. The molecule has 0 spiro atoms. The summed E-state index contributed by atoms with van der Waals surface area (Å²) in [6.07, 6.45) is 0. The quantitative estimate of drug-likeness (QED) is 0.626. The topological polar surface area (TPSA) is 52.3 Å². The average Bonchev–Trinajstić information content (AvgIpc) is 2.10. The summed E-state index contributed by atoms with van der Waals surface area (Å²) in [5.74, 6) is -0.496. The number of hydrogen-bond acceptors (Lipinski definition) is 3. The molecule has 0 aliphatic carbocycles. The van der Waals surface area contributed by atoms with Gasteiger partial charge in [-0.1, -0.05) is 11.6 Å². The lowest BCUT2D eigenvalue weighted by molar-refractivity contribution is 0.0601. The van der Waals surface area contributed by atoms with Gasteiger partial charge >= 0.3 is 5.97 Å². The van der Waals surface area contributed by atoms with Crippen molar-refractivity contribution >= 4 is 39.2 Å². The first-order valence-corrected chi connectivity index (χ1v) is 4.56. The molecular formula is C8H7BrClNO2. The maximum absolute atomic E-state index is 11.1. The molecule has 0 aliphatic heterocycles. The number of rotatable bonds is 1. The van der Waals surface area contributed by atoms with E-state index in [2.05, 4.69) is 20.7 Å². The second kappa shape index (κ2) is 3.98. The Labute approximate surface area is 88.9 Å². The molecule has 3 nitrogen and oxygen atoms in total. The molecule has 5 heteroatoms. The monoisotopic (exact) mass is 263 g/mol. The fraction of sp³-hybridized carbons (Fsp3) is 0.125. The minimum absolute atomic E-state index is 0.268. The number of nitrogens with two attached hydrogens (primary N) is 1. The molecule has 0 saturated carbocycles. The average molecular weight is 265 g/mol. The molecule has 0 unspecified atom stereocenters. The molecule has 0 atom stereocenters. The van der Waals surface area contributed by atoms with Crippen molar-refractivity contribution in [3.8, 4) is 0 Å². The molecule has 0 aromatic heterocycles. The summed E-state index contributed by atoms with van der Waals surface area (Å²) in [6.45, 7) is 0. The maximum atomic E-state index is 11.1. The van der Waals surface area contributed by atoms with Crippen LogP contribution in [0.15, 0.2) is 16.6 Å². The van der Waals surface area contributed by atoms with Gasteiger partial charge in [0.25, 0.3) is 0 Å². The van der Waals surface area contributed by atoms with Crippen molar-refractivity contribution < 1.29 is 9.53 Å². The number of ether oxygens (including phenoxy) is 1. The Morgan fingerprint density at radius 1 is 1.62 bits per heavy atom. The minimum Gasteiger partial charge on any atom is -0.465 e. The van der Waals surface area contributed by atoms with Crippen LogP contribution in [-0.4, -0.2) is 13.1 Å². The van der Waals surface area contributed by atoms with Crippen LogP contribution < -0.4 is 5.73 Å². The predicted molar refractivity (Wildman–Crippen MR) is 54.9 cm³/mol.